The van der Waals surface area contributed by atoms with Crippen LogP contribution in [0, 0.1) is 0 Å². The number of ether oxygens (including phenoxy) is 1. The second kappa shape index (κ2) is 7.44. The van der Waals surface area contributed by atoms with Crippen molar-refractivity contribution in [1.82, 2.24) is 4.98 Å². The van der Waals surface area contributed by atoms with Gasteiger partial charge in [-0.3, -0.25) is 5.32 Å². The van der Waals surface area contributed by atoms with E-state index in [4.69, 9.17) is 4.74 Å². The molecule has 0 spiro atoms. The third kappa shape index (κ3) is 4.95. The number of nitrogens with zero attached hydrogens (tertiary/aromatic N) is 2. The molecule has 0 aliphatic carbocycles. The maximum absolute atomic E-state index is 11.9. The number of aromatic nitrogens is 1. The van der Waals surface area contributed by atoms with Gasteiger partial charge >= 0.3 is 6.09 Å². The number of nitrogens with one attached hydrogen (secondary N) is 1. The highest BCUT2D eigenvalue weighted by Gasteiger charge is 2.23. The molecule has 1 aromatic carbocycles. The maximum atomic E-state index is 11.9. The van der Waals surface area contributed by atoms with Gasteiger partial charge in [0.25, 0.3) is 0 Å². The van der Waals surface area contributed by atoms with Crippen LogP contribution in [0.3, 0.4) is 0 Å². The molecule has 1 unspecified atom stereocenters. The smallest absolute Gasteiger partial charge is 0.413 e. The first kappa shape index (κ1) is 17.7. The fourth-order valence-electron chi connectivity index (χ4n) is 3.04. The van der Waals surface area contributed by atoms with E-state index in [1.807, 2.05) is 26.2 Å². The van der Waals surface area contributed by atoms with E-state index in [1.165, 1.54) is 23.3 Å². The molecule has 0 saturated carbocycles. The molecule has 0 bridgehead atoms. The highest BCUT2D eigenvalue weighted by molar-refractivity contribution is 7.14. The van der Waals surface area contributed by atoms with Gasteiger partial charge in [-0.15, -0.1) is 11.3 Å². The molecule has 2 heterocycles. The predicted molar refractivity (Wildman–Crippen MR) is 103 cm³/mol. The molecule has 1 atom stereocenters. The monoisotopic (exact) mass is 359 g/mol. The quantitative estimate of drug-likeness (QED) is 0.849. The normalized spacial score (nSPS) is 18.0. The number of hydrogen-bond donors (Lipinski definition) is 1. The Morgan fingerprint density at radius 3 is 2.80 bits per heavy atom. The largest absolute Gasteiger partial charge is 0.444 e. The van der Waals surface area contributed by atoms with Gasteiger partial charge in [-0.2, -0.15) is 0 Å². The Morgan fingerprint density at radius 2 is 2.08 bits per heavy atom. The molecule has 1 fully saturated rings. The van der Waals surface area contributed by atoms with Crippen molar-refractivity contribution in [2.45, 2.75) is 45.1 Å². The lowest BCUT2D eigenvalue weighted by Crippen LogP contribution is -2.34. The standard InChI is InChI=1S/C19H25N3O2S/c1-19(2,3)24-18(23)21-17-20-16(13-25-17)22-11-7-10-15(12-22)14-8-5-4-6-9-14/h4-6,8-9,13,15H,7,10-12H2,1-3H3,(H,20,21,23). The van der Waals surface area contributed by atoms with Crippen LogP contribution < -0.4 is 10.2 Å². The van der Waals surface area contributed by atoms with Crippen molar-refractivity contribution in [3.05, 3.63) is 41.3 Å². The summed E-state index contributed by atoms with van der Waals surface area (Å²) in [7, 11) is 0. The average molecular weight is 359 g/mol. The number of rotatable bonds is 3. The maximum Gasteiger partial charge on any atom is 0.413 e. The molecule has 5 nitrogen and oxygen atoms in total. The zero-order valence-electron chi connectivity index (χ0n) is 15.0. The summed E-state index contributed by atoms with van der Waals surface area (Å²) in [5.74, 6) is 1.45. The molecule has 1 aliphatic heterocycles. The summed E-state index contributed by atoms with van der Waals surface area (Å²) in [4.78, 5) is 18.7. The van der Waals surface area contributed by atoms with Gasteiger partial charge in [0.1, 0.15) is 11.4 Å². The zero-order valence-corrected chi connectivity index (χ0v) is 15.8. The van der Waals surface area contributed by atoms with Gasteiger partial charge < -0.3 is 9.64 Å². The fourth-order valence-corrected chi connectivity index (χ4v) is 3.75. The third-order valence-corrected chi connectivity index (χ3v) is 4.86. The molecule has 0 radical (unpaired) electrons. The van der Waals surface area contributed by atoms with Gasteiger partial charge in [-0.05, 0) is 39.2 Å². The predicted octanol–water partition coefficient (Wildman–Crippen LogP) is 4.87. The summed E-state index contributed by atoms with van der Waals surface area (Å²) in [5, 5.41) is 5.30. The summed E-state index contributed by atoms with van der Waals surface area (Å²) >= 11 is 1.43. The number of anilines is 2. The van der Waals surface area contributed by atoms with Crippen LogP contribution in [0.1, 0.15) is 45.1 Å². The molecule has 1 saturated heterocycles. The van der Waals surface area contributed by atoms with Gasteiger partial charge in [-0.25, -0.2) is 9.78 Å². The number of carbonyl (C=O) groups excluding carboxylic acids is 1. The van der Waals surface area contributed by atoms with Crippen molar-refractivity contribution in [3.8, 4) is 0 Å². The van der Waals surface area contributed by atoms with E-state index in [9.17, 15) is 4.79 Å². The lowest BCUT2D eigenvalue weighted by atomic mass is 9.91. The summed E-state index contributed by atoms with van der Waals surface area (Å²) in [6.45, 7) is 7.49. The molecule has 3 rings (SSSR count). The van der Waals surface area contributed by atoms with Crippen molar-refractivity contribution in [2.75, 3.05) is 23.3 Å². The Labute approximate surface area is 153 Å². The van der Waals surface area contributed by atoms with Crippen molar-refractivity contribution < 1.29 is 9.53 Å². The second-order valence-electron chi connectivity index (χ2n) is 7.33. The number of carbonyl (C=O) groups is 1. The summed E-state index contributed by atoms with van der Waals surface area (Å²) in [5.41, 5.74) is 0.870. The molecular weight excluding hydrogens is 334 g/mol. The van der Waals surface area contributed by atoms with Gasteiger partial charge in [0.2, 0.25) is 0 Å². The van der Waals surface area contributed by atoms with Gasteiger partial charge in [-0.1, -0.05) is 30.3 Å². The molecule has 6 heteroatoms. The van der Waals surface area contributed by atoms with Crippen LogP contribution in [0.15, 0.2) is 35.7 Å². The minimum atomic E-state index is -0.514. The Kier molecular flexibility index (Phi) is 5.27. The first-order valence-electron chi connectivity index (χ1n) is 8.66. The minimum absolute atomic E-state index is 0.464. The van der Waals surface area contributed by atoms with Gasteiger partial charge in [0.05, 0.1) is 0 Å². The fraction of sp³-hybridized carbons (Fsp3) is 0.474. The number of hydrogen-bond acceptors (Lipinski definition) is 5. The summed E-state index contributed by atoms with van der Waals surface area (Å²) < 4.78 is 5.27. The van der Waals surface area contributed by atoms with Crippen molar-refractivity contribution in [3.63, 3.8) is 0 Å². The van der Waals surface area contributed by atoms with Crippen LogP contribution in [0.4, 0.5) is 15.7 Å². The highest BCUT2D eigenvalue weighted by Crippen LogP contribution is 2.31. The average Bonchev–Trinajstić information content (AvgIpc) is 3.02. The molecule has 1 N–H and O–H groups in total. The summed E-state index contributed by atoms with van der Waals surface area (Å²) in [6.07, 6.45) is 1.88. The Hall–Kier alpha value is -2.08. The van der Waals surface area contributed by atoms with Gasteiger partial charge in [0, 0.05) is 24.4 Å². The third-order valence-electron chi connectivity index (χ3n) is 4.12. The molecule has 1 amide bonds. The molecule has 2 aromatic rings. The first-order chi connectivity index (χ1) is 11.9. The van der Waals surface area contributed by atoms with Crippen LogP contribution in [-0.4, -0.2) is 29.8 Å². The zero-order chi connectivity index (χ0) is 17.9. The van der Waals surface area contributed by atoms with E-state index in [2.05, 4.69) is 45.5 Å². The Morgan fingerprint density at radius 1 is 1.32 bits per heavy atom. The molecule has 1 aromatic heterocycles. The van der Waals surface area contributed by atoms with Crippen molar-refractivity contribution in [1.29, 1.82) is 0 Å². The van der Waals surface area contributed by atoms with Gasteiger partial charge in [0.15, 0.2) is 5.13 Å². The minimum Gasteiger partial charge on any atom is -0.444 e. The summed E-state index contributed by atoms with van der Waals surface area (Å²) in [6, 6.07) is 10.6. The lowest BCUT2D eigenvalue weighted by molar-refractivity contribution is 0.0636. The van der Waals surface area contributed by atoms with E-state index in [0.717, 1.165) is 25.3 Å². The van der Waals surface area contributed by atoms with Crippen molar-refractivity contribution in [2.24, 2.45) is 0 Å². The van der Waals surface area contributed by atoms with Crippen LogP contribution >= 0.6 is 11.3 Å². The van der Waals surface area contributed by atoms with E-state index in [0.29, 0.717) is 11.0 Å². The van der Waals surface area contributed by atoms with Crippen LogP contribution in [-0.2, 0) is 4.74 Å². The highest BCUT2D eigenvalue weighted by atomic mass is 32.1. The molecule has 25 heavy (non-hydrogen) atoms. The van der Waals surface area contributed by atoms with Crippen LogP contribution in [0.2, 0.25) is 0 Å². The van der Waals surface area contributed by atoms with Crippen LogP contribution in [0.25, 0.3) is 0 Å². The Bertz CT molecular complexity index is 709. The number of thiazole rings is 1. The number of piperidine rings is 1. The SMILES string of the molecule is CC(C)(C)OC(=O)Nc1nc(N2CCCC(c3ccccc3)C2)cs1. The molecule has 1 aliphatic rings. The van der Waals surface area contributed by atoms with E-state index >= 15 is 0 Å². The van der Waals surface area contributed by atoms with E-state index in [-0.39, 0.29) is 0 Å². The lowest BCUT2D eigenvalue weighted by Gasteiger charge is -2.33. The topological polar surface area (TPSA) is 54.5 Å². The first-order valence-corrected chi connectivity index (χ1v) is 9.54. The molecule has 134 valence electrons. The van der Waals surface area contributed by atoms with E-state index < -0.39 is 11.7 Å². The number of benzene rings is 1. The molecular formula is C19H25N3O2S. The van der Waals surface area contributed by atoms with Crippen LogP contribution in [0.5, 0.6) is 0 Å². The number of amides is 1. The Balaban J connectivity index is 1.63. The van der Waals surface area contributed by atoms with E-state index in [1.54, 1.807) is 0 Å². The second-order valence-corrected chi connectivity index (χ2v) is 8.19. The van der Waals surface area contributed by atoms with Crippen molar-refractivity contribution >= 4 is 28.4 Å².